The van der Waals surface area contributed by atoms with Crippen LogP contribution in [0.4, 0.5) is 0 Å². The van der Waals surface area contributed by atoms with E-state index in [-0.39, 0.29) is 17.9 Å². The van der Waals surface area contributed by atoms with Gasteiger partial charge < -0.3 is 10.2 Å². The van der Waals surface area contributed by atoms with E-state index in [0.29, 0.717) is 31.1 Å². The first-order valence-corrected chi connectivity index (χ1v) is 10.5. The third-order valence-corrected chi connectivity index (χ3v) is 7.05. The lowest BCUT2D eigenvalue weighted by Crippen LogP contribution is -2.52. The summed E-state index contributed by atoms with van der Waals surface area (Å²) < 4.78 is 27.9. The van der Waals surface area contributed by atoms with Gasteiger partial charge in [0.05, 0.1) is 11.4 Å². The number of sulfonamides is 1. The second-order valence-electron chi connectivity index (χ2n) is 8.00. The van der Waals surface area contributed by atoms with Crippen LogP contribution in [0, 0.1) is 13.8 Å². The molecule has 1 aliphatic heterocycles. The fraction of sp³-hybridized carbons (Fsp3) is 0.632. The van der Waals surface area contributed by atoms with E-state index >= 15 is 0 Å². The Kier molecular flexibility index (Phi) is 6.15. The lowest BCUT2D eigenvalue weighted by atomic mass is 9.85. The third-order valence-electron chi connectivity index (χ3n) is 4.84. The maximum Gasteiger partial charge on any atom is 0.243 e. The minimum atomic E-state index is -3.57. The minimum Gasteiger partial charge on any atom is -0.339 e. The van der Waals surface area contributed by atoms with Crippen molar-refractivity contribution in [3.05, 3.63) is 28.8 Å². The van der Waals surface area contributed by atoms with Crippen molar-refractivity contribution in [2.45, 2.75) is 44.9 Å². The predicted octanol–water partition coefficient (Wildman–Crippen LogP) is 1.65. The number of nitrogens with one attached hydrogen (secondary N) is 1. The van der Waals surface area contributed by atoms with E-state index in [4.69, 9.17) is 0 Å². The number of likely N-dealkylation sites (N-methyl/N-ethyl adjacent to an activating group) is 1. The SMILES string of the molecule is CNCC(=O)N1CCN(S(=O)(=O)c2c(C)cc(C(C)(C)C)cc2C)CC1. The number of carbonyl (C=O) groups is 1. The van der Waals surface area contributed by atoms with Gasteiger partial charge in [0.1, 0.15) is 0 Å². The number of nitrogens with zero attached hydrogens (tertiary/aromatic N) is 2. The molecule has 0 bridgehead atoms. The number of rotatable bonds is 4. The zero-order valence-corrected chi connectivity index (χ0v) is 17.5. The molecule has 0 aromatic heterocycles. The number of carbonyl (C=O) groups excluding carboxylic acids is 1. The second kappa shape index (κ2) is 7.66. The smallest absolute Gasteiger partial charge is 0.243 e. The number of piperazine rings is 1. The lowest BCUT2D eigenvalue weighted by molar-refractivity contribution is -0.131. The molecule has 1 aromatic rings. The Bertz CT molecular complexity index is 751. The predicted molar refractivity (Wildman–Crippen MR) is 104 cm³/mol. The van der Waals surface area contributed by atoms with E-state index in [9.17, 15) is 13.2 Å². The molecule has 1 fully saturated rings. The molecule has 1 aliphatic rings. The molecule has 0 saturated carbocycles. The highest BCUT2D eigenvalue weighted by atomic mass is 32.2. The molecule has 0 radical (unpaired) electrons. The van der Waals surface area contributed by atoms with Crippen LogP contribution >= 0.6 is 0 Å². The van der Waals surface area contributed by atoms with Crippen LogP contribution in [0.3, 0.4) is 0 Å². The molecule has 1 aromatic carbocycles. The third kappa shape index (κ3) is 4.27. The highest BCUT2D eigenvalue weighted by Crippen LogP contribution is 2.31. The molecule has 1 heterocycles. The Labute approximate surface area is 157 Å². The summed E-state index contributed by atoms with van der Waals surface area (Å²) in [6.07, 6.45) is 0. The van der Waals surface area contributed by atoms with Gasteiger partial charge >= 0.3 is 0 Å². The van der Waals surface area contributed by atoms with Crippen molar-refractivity contribution in [3.63, 3.8) is 0 Å². The van der Waals surface area contributed by atoms with Crippen molar-refractivity contribution in [1.82, 2.24) is 14.5 Å². The molecule has 26 heavy (non-hydrogen) atoms. The molecule has 0 aliphatic carbocycles. The summed E-state index contributed by atoms with van der Waals surface area (Å²) in [6, 6.07) is 3.96. The molecule has 1 saturated heterocycles. The topological polar surface area (TPSA) is 69.7 Å². The average molecular weight is 382 g/mol. The number of benzene rings is 1. The lowest BCUT2D eigenvalue weighted by Gasteiger charge is -2.34. The van der Waals surface area contributed by atoms with Crippen LogP contribution in [-0.2, 0) is 20.2 Å². The Balaban J connectivity index is 2.25. The normalized spacial score (nSPS) is 16.8. The molecule has 0 spiro atoms. The highest BCUT2D eigenvalue weighted by Gasteiger charge is 2.32. The molecule has 7 heteroatoms. The first-order chi connectivity index (χ1) is 12.0. The van der Waals surface area contributed by atoms with Crippen molar-refractivity contribution in [3.8, 4) is 0 Å². The van der Waals surface area contributed by atoms with Gasteiger partial charge in [-0.1, -0.05) is 32.9 Å². The largest absolute Gasteiger partial charge is 0.339 e. The van der Waals surface area contributed by atoms with Crippen molar-refractivity contribution < 1.29 is 13.2 Å². The van der Waals surface area contributed by atoms with Gasteiger partial charge in [0, 0.05) is 26.2 Å². The molecule has 2 rings (SSSR count). The van der Waals surface area contributed by atoms with Gasteiger partial charge in [-0.25, -0.2) is 8.42 Å². The monoisotopic (exact) mass is 381 g/mol. The quantitative estimate of drug-likeness (QED) is 0.861. The Morgan fingerprint density at radius 3 is 2.00 bits per heavy atom. The molecule has 1 N–H and O–H groups in total. The molecule has 6 nitrogen and oxygen atoms in total. The fourth-order valence-corrected chi connectivity index (χ4v) is 5.19. The Hall–Kier alpha value is -1.44. The van der Waals surface area contributed by atoms with Crippen LogP contribution in [0.1, 0.15) is 37.5 Å². The van der Waals surface area contributed by atoms with E-state index in [1.54, 1.807) is 11.9 Å². The van der Waals surface area contributed by atoms with Crippen molar-refractivity contribution in [2.75, 3.05) is 39.8 Å². The molecular formula is C19H31N3O3S. The Morgan fingerprint density at radius 2 is 1.58 bits per heavy atom. The van der Waals surface area contributed by atoms with Gasteiger partial charge in [-0.3, -0.25) is 4.79 Å². The number of amides is 1. The molecule has 146 valence electrons. The van der Waals surface area contributed by atoms with E-state index in [1.807, 2.05) is 26.0 Å². The maximum absolute atomic E-state index is 13.2. The zero-order chi connectivity index (χ0) is 19.7. The number of hydrogen-bond acceptors (Lipinski definition) is 4. The number of hydrogen-bond donors (Lipinski definition) is 1. The van der Waals surface area contributed by atoms with Crippen molar-refractivity contribution in [1.29, 1.82) is 0 Å². The van der Waals surface area contributed by atoms with E-state index in [0.717, 1.165) is 16.7 Å². The first kappa shape index (κ1) is 20.9. The van der Waals surface area contributed by atoms with E-state index < -0.39 is 10.0 Å². The summed E-state index contributed by atoms with van der Waals surface area (Å²) >= 11 is 0. The maximum atomic E-state index is 13.2. The van der Waals surface area contributed by atoms with Crippen LogP contribution in [0.25, 0.3) is 0 Å². The molecule has 0 unspecified atom stereocenters. The van der Waals surface area contributed by atoms with Gasteiger partial charge in [0.15, 0.2) is 0 Å². The zero-order valence-electron chi connectivity index (χ0n) is 16.7. The van der Waals surface area contributed by atoms with Gasteiger partial charge in [-0.15, -0.1) is 0 Å². The van der Waals surface area contributed by atoms with Crippen LogP contribution < -0.4 is 5.32 Å². The minimum absolute atomic E-state index is 0.00596. The van der Waals surface area contributed by atoms with Crippen LogP contribution in [0.5, 0.6) is 0 Å². The van der Waals surface area contributed by atoms with Crippen LogP contribution in [0.15, 0.2) is 17.0 Å². The summed E-state index contributed by atoms with van der Waals surface area (Å²) in [7, 11) is -1.84. The summed E-state index contributed by atoms with van der Waals surface area (Å²) in [5.74, 6) is 0.00596. The van der Waals surface area contributed by atoms with E-state index in [2.05, 4.69) is 26.1 Å². The van der Waals surface area contributed by atoms with Crippen LogP contribution in [0.2, 0.25) is 0 Å². The standard InChI is InChI=1S/C19H31N3O3S/c1-14-11-16(19(3,4)5)12-15(2)18(14)26(24,25)22-9-7-21(8-10-22)17(23)13-20-6/h11-12,20H,7-10,13H2,1-6H3. The van der Waals surface area contributed by atoms with E-state index in [1.165, 1.54) is 4.31 Å². The number of aryl methyl sites for hydroxylation is 2. The summed E-state index contributed by atoms with van der Waals surface area (Å²) in [5.41, 5.74) is 2.66. The van der Waals surface area contributed by atoms with Crippen molar-refractivity contribution >= 4 is 15.9 Å². The van der Waals surface area contributed by atoms with Crippen molar-refractivity contribution in [2.24, 2.45) is 0 Å². The first-order valence-electron chi connectivity index (χ1n) is 9.02. The van der Waals surface area contributed by atoms with Gasteiger partial charge in [-0.05, 0) is 43.0 Å². The fourth-order valence-electron chi connectivity index (χ4n) is 3.36. The van der Waals surface area contributed by atoms with Gasteiger partial charge in [0.2, 0.25) is 15.9 Å². The summed E-state index contributed by atoms with van der Waals surface area (Å²) in [6.45, 7) is 11.9. The summed E-state index contributed by atoms with van der Waals surface area (Å²) in [5, 5.41) is 2.84. The van der Waals surface area contributed by atoms with Gasteiger partial charge in [0.25, 0.3) is 0 Å². The molecule has 0 atom stereocenters. The Morgan fingerprint density at radius 1 is 1.08 bits per heavy atom. The average Bonchev–Trinajstić information content (AvgIpc) is 2.53. The molecule has 1 amide bonds. The van der Waals surface area contributed by atoms with Crippen LogP contribution in [-0.4, -0.2) is 63.3 Å². The highest BCUT2D eigenvalue weighted by molar-refractivity contribution is 7.89. The molecular weight excluding hydrogens is 350 g/mol. The van der Waals surface area contributed by atoms with Gasteiger partial charge in [-0.2, -0.15) is 4.31 Å². The summed E-state index contributed by atoms with van der Waals surface area (Å²) in [4.78, 5) is 14.1. The second-order valence-corrected chi connectivity index (χ2v) is 9.88.